The van der Waals surface area contributed by atoms with Crippen molar-refractivity contribution in [1.82, 2.24) is 19.7 Å². The van der Waals surface area contributed by atoms with Crippen LogP contribution in [0, 0.1) is 6.92 Å². The van der Waals surface area contributed by atoms with Gasteiger partial charge in [-0.15, -0.1) is 0 Å². The molecule has 0 saturated heterocycles. The Kier molecular flexibility index (Phi) is 3.12. The van der Waals surface area contributed by atoms with Crippen LogP contribution in [0.3, 0.4) is 0 Å². The minimum absolute atomic E-state index is 0.0647. The Morgan fingerprint density at radius 3 is 2.95 bits per heavy atom. The fraction of sp³-hybridized carbons (Fsp3) is 0.143. The predicted molar refractivity (Wildman–Crippen MR) is 72.1 cm³/mol. The van der Waals surface area contributed by atoms with Gasteiger partial charge in [0.2, 0.25) is 11.7 Å². The third-order valence-electron chi connectivity index (χ3n) is 2.88. The highest BCUT2D eigenvalue weighted by Crippen LogP contribution is 2.12. The molecule has 0 aromatic carbocycles. The zero-order chi connectivity index (χ0) is 13.9. The summed E-state index contributed by atoms with van der Waals surface area (Å²) < 4.78 is 6.69. The maximum Gasteiger partial charge on any atom is 0.253 e. The van der Waals surface area contributed by atoms with Crippen molar-refractivity contribution in [3.8, 4) is 11.5 Å². The van der Waals surface area contributed by atoms with Gasteiger partial charge in [-0.2, -0.15) is 4.98 Å². The molecule has 3 heterocycles. The molecule has 0 aliphatic heterocycles. The fourth-order valence-electron chi connectivity index (χ4n) is 1.85. The van der Waals surface area contributed by atoms with Crippen LogP contribution < -0.4 is 5.56 Å². The van der Waals surface area contributed by atoms with Crippen molar-refractivity contribution < 1.29 is 4.52 Å². The summed E-state index contributed by atoms with van der Waals surface area (Å²) >= 11 is 0. The van der Waals surface area contributed by atoms with E-state index in [0.29, 0.717) is 23.0 Å². The molecule has 0 N–H and O–H groups in total. The van der Waals surface area contributed by atoms with Crippen LogP contribution in [0.15, 0.2) is 52.0 Å². The first-order chi connectivity index (χ1) is 9.74. The highest BCUT2D eigenvalue weighted by Gasteiger charge is 2.10. The van der Waals surface area contributed by atoms with Crippen LogP contribution in [-0.4, -0.2) is 19.7 Å². The number of hydrogen-bond donors (Lipinski definition) is 0. The van der Waals surface area contributed by atoms with Crippen LogP contribution in [0.4, 0.5) is 0 Å². The molecular weight excluding hydrogens is 256 g/mol. The predicted octanol–water partition coefficient (Wildman–Crippen LogP) is 1.65. The lowest BCUT2D eigenvalue weighted by Crippen LogP contribution is -2.21. The highest BCUT2D eigenvalue weighted by atomic mass is 16.5. The van der Waals surface area contributed by atoms with E-state index in [1.165, 1.54) is 4.57 Å². The van der Waals surface area contributed by atoms with E-state index in [0.717, 1.165) is 0 Å². The second-order valence-corrected chi connectivity index (χ2v) is 4.35. The van der Waals surface area contributed by atoms with E-state index in [9.17, 15) is 4.79 Å². The number of pyridine rings is 2. The van der Waals surface area contributed by atoms with Gasteiger partial charge in [0, 0.05) is 18.0 Å². The van der Waals surface area contributed by atoms with Gasteiger partial charge in [0.25, 0.3) is 5.56 Å². The number of rotatable bonds is 3. The molecule has 0 atom stereocenters. The molecule has 0 fully saturated rings. The summed E-state index contributed by atoms with van der Waals surface area (Å²) in [7, 11) is 0. The summed E-state index contributed by atoms with van der Waals surface area (Å²) in [4.78, 5) is 20.3. The maximum atomic E-state index is 11.9. The molecular formula is C14H12N4O2. The molecule has 3 rings (SSSR count). The van der Waals surface area contributed by atoms with E-state index < -0.39 is 0 Å². The van der Waals surface area contributed by atoms with Crippen molar-refractivity contribution in [3.05, 3.63) is 64.5 Å². The smallest absolute Gasteiger partial charge is 0.253 e. The summed E-state index contributed by atoms with van der Waals surface area (Å²) in [6.07, 6.45) is 3.36. The van der Waals surface area contributed by atoms with Gasteiger partial charge in [0.15, 0.2) is 0 Å². The standard InChI is InChI=1S/C14H12N4O2/c1-10-5-4-8-18(14(10)19)9-12-16-13(17-20-12)11-6-2-3-7-15-11/h2-8H,9H2,1H3. The molecule has 0 spiro atoms. The van der Waals surface area contributed by atoms with Crippen LogP contribution in [0.25, 0.3) is 11.5 Å². The summed E-state index contributed by atoms with van der Waals surface area (Å²) in [5.74, 6) is 0.791. The van der Waals surface area contributed by atoms with Crippen molar-refractivity contribution in [1.29, 1.82) is 0 Å². The van der Waals surface area contributed by atoms with E-state index in [1.807, 2.05) is 18.2 Å². The maximum absolute atomic E-state index is 11.9. The molecule has 0 bridgehead atoms. The van der Waals surface area contributed by atoms with Crippen molar-refractivity contribution >= 4 is 0 Å². The second kappa shape index (κ2) is 5.08. The third kappa shape index (κ3) is 2.35. The van der Waals surface area contributed by atoms with Crippen LogP contribution >= 0.6 is 0 Å². The molecule has 0 unspecified atom stereocenters. The van der Waals surface area contributed by atoms with E-state index in [1.54, 1.807) is 31.5 Å². The SMILES string of the molecule is Cc1cccn(Cc2nc(-c3ccccn3)no2)c1=O. The van der Waals surface area contributed by atoms with Crippen LogP contribution in [-0.2, 0) is 6.54 Å². The van der Waals surface area contributed by atoms with Crippen molar-refractivity contribution in [2.75, 3.05) is 0 Å². The lowest BCUT2D eigenvalue weighted by Gasteiger charge is -2.01. The Hall–Kier alpha value is -2.76. The largest absolute Gasteiger partial charge is 0.337 e. The number of aromatic nitrogens is 4. The minimum atomic E-state index is -0.0647. The molecule has 0 aliphatic rings. The lowest BCUT2D eigenvalue weighted by molar-refractivity contribution is 0.370. The van der Waals surface area contributed by atoms with Gasteiger partial charge >= 0.3 is 0 Å². The topological polar surface area (TPSA) is 73.8 Å². The Bertz CT molecular complexity index is 777. The average molecular weight is 268 g/mol. The van der Waals surface area contributed by atoms with Crippen LogP contribution in [0.1, 0.15) is 11.5 Å². The van der Waals surface area contributed by atoms with E-state index in [4.69, 9.17) is 4.52 Å². The summed E-state index contributed by atoms with van der Waals surface area (Å²) in [5.41, 5.74) is 1.25. The highest BCUT2D eigenvalue weighted by molar-refractivity contribution is 5.46. The summed E-state index contributed by atoms with van der Waals surface area (Å²) in [5, 5.41) is 3.87. The van der Waals surface area contributed by atoms with Gasteiger partial charge < -0.3 is 9.09 Å². The lowest BCUT2D eigenvalue weighted by atomic mass is 10.3. The van der Waals surface area contributed by atoms with Crippen LogP contribution in [0.5, 0.6) is 0 Å². The van der Waals surface area contributed by atoms with Crippen molar-refractivity contribution in [2.24, 2.45) is 0 Å². The van der Waals surface area contributed by atoms with Crippen LogP contribution in [0.2, 0.25) is 0 Å². The first-order valence-electron chi connectivity index (χ1n) is 6.14. The van der Waals surface area contributed by atoms with E-state index in [2.05, 4.69) is 15.1 Å². The number of hydrogen-bond acceptors (Lipinski definition) is 5. The summed E-state index contributed by atoms with van der Waals surface area (Å²) in [6.45, 7) is 2.02. The van der Waals surface area contributed by atoms with Crippen molar-refractivity contribution in [3.63, 3.8) is 0 Å². The Morgan fingerprint density at radius 2 is 2.15 bits per heavy atom. The van der Waals surface area contributed by atoms with Gasteiger partial charge in [-0.05, 0) is 25.1 Å². The van der Waals surface area contributed by atoms with Gasteiger partial charge in [-0.3, -0.25) is 9.78 Å². The van der Waals surface area contributed by atoms with E-state index in [-0.39, 0.29) is 12.1 Å². The number of aryl methyl sites for hydroxylation is 1. The molecule has 20 heavy (non-hydrogen) atoms. The quantitative estimate of drug-likeness (QED) is 0.722. The molecule has 0 saturated carbocycles. The zero-order valence-corrected chi connectivity index (χ0v) is 10.9. The minimum Gasteiger partial charge on any atom is -0.337 e. The Labute approximate surface area is 114 Å². The van der Waals surface area contributed by atoms with E-state index >= 15 is 0 Å². The third-order valence-corrected chi connectivity index (χ3v) is 2.88. The Morgan fingerprint density at radius 1 is 1.25 bits per heavy atom. The molecule has 6 nitrogen and oxygen atoms in total. The van der Waals surface area contributed by atoms with Gasteiger partial charge in [0.05, 0.1) is 0 Å². The Balaban J connectivity index is 1.88. The molecule has 6 heteroatoms. The molecule has 100 valence electrons. The van der Waals surface area contributed by atoms with Gasteiger partial charge in [-0.1, -0.05) is 17.3 Å². The van der Waals surface area contributed by atoms with Gasteiger partial charge in [-0.25, -0.2) is 0 Å². The average Bonchev–Trinajstić information content (AvgIpc) is 2.93. The summed E-state index contributed by atoms with van der Waals surface area (Å²) in [6, 6.07) is 9.05. The molecule has 3 aromatic rings. The fourth-order valence-corrected chi connectivity index (χ4v) is 1.85. The molecule has 0 radical (unpaired) electrons. The van der Waals surface area contributed by atoms with Crippen molar-refractivity contribution in [2.45, 2.75) is 13.5 Å². The number of nitrogens with zero attached hydrogens (tertiary/aromatic N) is 4. The first kappa shape index (κ1) is 12.3. The second-order valence-electron chi connectivity index (χ2n) is 4.35. The monoisotopic (exact) mass is 268 g/mol. The van der Waals surface area contributed by atoms with Gasteiger partial charge in [0.1, 0.15) is 12.2 Å². The molecule has 3 aromatic heterocycles. The normalized spacial score (nSPS) is 10.7. The molecule has 0 amide bonds. The first-order valence-corrected chi connectivity index (χ1v) is 6.14. The molecule has 0 aliphatic carbocycles. The zero-order valence-electron chi connectivity index (χ0n) is 10.9.